The molecule has 13 heteroatoms. The van der Waals surface area contributed by atoms with Gasteiger partial charge in [0.25, 0.3) is 0 Å². The Morgan fingerprint density at radius 3 is 2.57 bits per heavy atom. The predicted molar refractivity (Wildman–Crippen MR) is 298 cm³/mol. The van der Waals surface area contributed by atoms with Crippen LogP contribution in [0.4, 0.5) is 0 Å². The number of rotatable bonds is 16. The summed E-state index contributed by atoms with van der Waals surface area (Å²) >= 11 is 0. The lowest BCUT2D eigenvalue weighted by Crippen LogP contribution is -2.65. The average molecular weight is 1050 g/mol. The largest absolute Gasteiger partial charge is 0.504 e. The first-order valence-corrected chi connectivity index (χ1v) is 29.0. The highest BCUT2D eigenvalue weighted by Gasteiger charge is 2.63. The molecule has 11 N–H and O–H groups in total. The van der Waals surface area contributed by atoms with Crippen LogP contribution < -0.4 is 26.4 Å². The van der Waals surface area contributed by atoms with E-state index in [4.69, 9.17) is 10.5 Å². The Morgan fingerprint density at radius 1 is 0.961 bits per heavy atom. The van der Waals surface area contributed by atoms with Gasteiger partial charge < -0.3 is 56.9 Å². The molecule has 11 rings (SSSR count). The highest BCUT2D eigenvalue weighted by molar-refractivity contribution is 5.89. The molecule has 0 unspecified atom stereocenters. The number of benzene rings is 3. The number of nitrogens with one attached hydrogen (secondary N) is 4. The minimum Gasteiger partial charge on any atom is -0.504 e. The smallest absolute Gasteiger partial charge is 0.160 e. The van der Waals surface area contributed by atoms with E-state index >= 15 is 4.79 Å². The Hall–Kier alpha value is -5.46. The molecular weight excluding hydrogens is 967 g/mol. The number of Topliss-reactive ketones (excluding diaryl/α,β-unsaturated/α-hetero) is 2. The molecule has 1 saturated heterocycles. The second kappa shape index (κ2) is 22.4. The molecule has 0 amide bonds. The van der Waals surface area contributed by atoms with Crippen LogP contribution in [-0.4, -0.2) is 106 Å². The summed E-state index contributed by atoms with van der Waals surface area (Å²) in [5.41, 5.74) is 12.2. The molecule has 2 aliphatic heterocycles. The Balaban J connectivity index is 0.919. The van der Waals surface area contributed by atoms with Crippen molar-refractivity contribution in [3.05, 3.63) is 118 Å². The highest BCUT2D eigenvalue weighted by Crippen LogP contribution is 2.65. The van der Waals surface area contributed by atoms with Crippen molar-refractivity contribution in [3.8, 4) is 23.3 Å². The van der Waals surface area contributed by atoms with Gasteiger partial charge in [0.1, 0.15) is 11.2 Å². The highest BCUT2D eigenvalue weighted by atomic mass is 16.5. The molecule has 3 aromatic carbocycles. The third-order valence-electron chi connectivity index (χ3n) is 20.2. The lowest BCUT2D eigenvalue weighted by Gasteiger charge is -2.64. The SMILES string of the molecule is CCNC[C@H]1[C@@H]2c3[nH]ccc3[C@H]3CC(=O)C[C@H]4NC[C@@H]([C@@H](CCCO)[C@@H]1[C@H]1CC[C@@]5(C#C[C@H](C[C@H](O)[C@H](O)C[C@@H](C6=C(CC)CNC(N)=C6)c6ccc7ccccc7c6)c6cc(O)c(OC)cc6CCC5=O)[C@H](O)C1)[C@H]2[C@@H]34. The zero-order valence-electron chi connectivity index (χ0n) is 45.1. The molecule has 77 heavy (non-hydrogen) atoms. The van der Waals surface area contributed by atoms with Crippen LogP contribution in [0, 0.1) is 58.7 Å². The summed E-state index contributed by atoms with van der Waals surface area (Å²) in [5, 5.41) is 72.4. The van der Waals surface area contributed by atoms with Gasteiger partial charge in [-0.1, -0.05) is 68.2 Å². The van der Waals surface area contributed by atoms with E-state index in [0.29, 0.717) is 86.4 Å². The predicted octanol–water partition coefficient (Wildman–Crippen LogP) is 7.34. The number of aryl methyl sites for hydroxylation is 1. The van der Waals surface area contributed by atoms with Crippen molar-refractivity contribution in [1.29, 1.82) is 0 Å². The van der Waals surface area contributed by atoms with Gasteiger partial charge in [-0.2, -0.15) is 0 Å². The molecule has 410 valence electrons. The number of H-pyrrole nitrogens is 1. The van der Waals surface area contributed by atoms with Gasteiger partial charge in [0.15, 0.2) is 17.3 Å². The van der Waals surface area contributed by atoms with E-state index < -0.39 is 29.6 Å². The van der Waals surface area contributed by atoms with Gasteiger partial charge in [0, 0.05) is 68.1 Å². The number of ether oxygens (including phenoxy) is 1. The van der Waals surface area contributed by atoms with Crippen LogP contribution in [0.2, 0.25) is 0 Å². The average Bonchev–Trinajstić information content (AvgIpc) is 4.01. The van der Waals surface area contributed by atoms with Crippen LogP contribution >= 0.6 is 0 Å². The summed E-state index contributed by atoms with van der Waals surface area (Å²) in [4.78, 5) is 32.1. The van der Waals surface area contributed by atoms with Gasteiger partial charge in [-0.15, -0.1) is 0 Å². The second-order valence-electron chi connectivity index (χ2n) is 24.0. The molecule has 1 aromatic heterocycles. The molecule has 7 aliphatic rings. The number of carbonyl (C=O) groups excluding carboxylic acids is 2. The van der Waals surface area contributed by atoms with Crippen molar-refractivity contribution in [2.45, 2.75) is 139 Å². The lowest BCUT2D eigenvalue weighted by molar-refractivity contribution is -0.140. The van der Waals surface area contributed by atoms with Gasteiger partial charge in [-0.05, 0) is 193 Å². The number of aliphatic hydroxyl groups is 4. The van der Waals surface area contributed by atoms with E-state index in [1.54, 1.807) is 12.1 Å². The lowest BCUT2D eigenvalue weighted by atomic mass is 9.43. The number of methoxy groups -OCH3 is 1. The Morgan fingerprint density at radius 2 is 1.79 bits per heavy atom. The first-order chi connectivity index (χ1) is 37.4. The summed E-state index contributed by atoms with van der Waals surface area (Å²) in [5.74, 6) is 9.04. The van der Waals surface area contributed by atoms with E-state index in [2.05, 4.69) is 89.2 Å². The molecular formula is C64H81N5O8. The number of aromatic nitrogens is 1. The first-order valence-electron chi connectivity index (χ1n) is 29.0. The van der Waals surface area contributed by atoms with Gasteiger partial charge >= 0.3 is 0 Å². The first kappa shape index (κ1) is 53.5. The summed E-state index contributed by atoms with van der Waals surface area (Å²) in [7, 11) is 1.49. The molecule has 13 nitrogen and oxygen atoms in total. The van der Waals surface area contributed by atoms with Gasteiger partial charge in [-0.25, -0.2) is 0 Å². The summed E-state index contributed by atoms with van der Waals surface area (Å²) in [6.45, 7) is 7.40. The van der Waals surface area contributed by atoms with Crippen molar-refractivity contribution in [1.82, 2.24) is 20.9 Å². The molecule has 5 aliphatic carbocycles. The molecule has 4 aromatic rings. The monoisotopic (exact) mass is 1050 g/mol. The summed E-state index contributed by atoms with van der Waals surface area (Å²) in [6, 6.07) is 20.3. The fourth-order valence-electron chi connectivity index (χ4n) is 16.7. The van der Waals surface area contributed by atoms with Crippen LogP contribution in [0.25, 0.3) is 10.8 Å². The normalized spacial score (nSPS) is 32.7. The van der Waals surface area contributed by atoms with E-state index in [0.717, 1.165) is 59.9 Å². The minimum atomic E-state index is -1.37. The standard InChI is InChI=1S/C64H81N5O8/c1-4-35-32-69-58(65)31-47(35)46(38-13-12-36-9-6-7-10-37(36)23-38)30-53(73)52(72)24-40-16-19-64(56(75)15-14-39-25-55(77-3)54(74)29-45(39)40)20-17-41(26-57(64)76)59-43(11-8-22-70)49-34-68-51-28-42(71)27-48-44-18-21-67-63(44)62(61(49)60(48)51)50(59)33-66-5-2/h6-7,9-10,12-13,18,21,23,25,29,31,40-41,43,46,48-53,57,59-62,66-70,72-74,76H,4-5,8,11,14-15,17,20,22,24,26-28,30,32-34,65H2,1-3H3/t40-,41+,43-,46-,48-,49+,50-,51-,52+,53-,57-,59+,60+,61+,62+,64-/m1/s1. The molecule has 3 heterocycles. The number of aromatic hydroxyl groups is 1. The quantitative estimate of drug-likeness (QED) is 0.0499. The van der Waals surface area contributed by atoms with E-state index in [1.807, 2.05) is 18.2 Å². The molecule has 16 atom stereocenters. The van der Waals surface area contributed by atoms with Crippen molar-refractivity contribution < 1.29 is 39.9 Å². The fourth-order valence-corrected chi connectivity index (χ4v) is 16.7. The van der Waals surface area contributed by atoms with Crippen LogP contribution in [0.3, 0.4) is 0 Å². The number of carbonyl (C=O) groups is 2. The Kier molecular flexibility index (Phi) is 15.5. The third-order valence-corrected chi connectivity index (χ3v) is 20.2. The Bertz CT molecular complexity index is 2970. The minimum absolute atomic E-state index is 0.00980. The van der Waals surface area contributed by atoms with Crippen molar-refractivity contribution in [3.63, 3.8) is 0 Å². The molecule has 4 fully saturated rings. The third kappa shape index (κ3) is 9.84. The number of allylic oxidation sites excluding steroid dienone is 2. The van der Waals surface area contributed by atoms with Crippen molar-refractivity contribution in [2.24, 2.45) is 52.6 Å². The zero-order chi connectivity index (χ0) is 53.7. The molecule has 0 bridgehead atoms. The number of piperidine rings is 1. The maximum absolute atomic E-state index is 15.1. The molecule has 3 saturated carbocycles. The number of phenols is 1. The number of aliphatic hydroxyl groups excluding tert-OH is 4. The number of dihydropyridines is 1. The van der Waals surface area contributed by atoms with E-state index in [-0.39, 0.29) is 90.6 Å². The number of nitrogens with two attached hydrogens (primary N) is 1. The van der Waals surface area contributed by atoms with Crippen LogP contribution in [0.1, 0.15) is 136 Å². The summed E-state index contributed by atoms with van der Waals surface area (Å²) in [6.07, 6.45) is 6.08. The van der Waals surface area contributed by atoms with Crippen LogP contribution in [-0.2, 0) is 16.0 Å². The maximum atomic E-state index is 15.1. The van der Waals surface area contributed by atoms with Crippen LogP contribution in [0.15, 0.2) is 89.9 Å². The number of aromatic amines is 1. The van der Waals surface area contributed by atoms with Gasteiger partial charge in [0.2, 0.25) is 0 Å². The number of phenolic OH excluding ortho intramolecular Hbond substituents is 1. The van der Waals surface area contributed by atoms with Crippen LogP contribution in [0.5, 0.6) is 11.5 Å². The maximum Gasteiger partial charge on any atom is 0.160 e. The number of hydrogen-bond acceptors (Lipinski definition) is 12. The molecule has 1 spiro atoms. The molecule has 0 radical (unpaired) electrons. The Labute approximate surface area is 453 Å². The van der Waals surface area contributed by atoms with Gasteiger partial charge in [-0.3, -0.25) is 9.59 Å². The number of hydrogen-bond donors (Lipinski definition) is 10. The van der Waals surface area contributed by atoms with Crippen molar-refractivity contribution >= 4 is 22.3 Å². The number of ketones is 2. The van der Waals surface area contributed by atoms with Crippen molar-refractivity contribution in [2.75, 3.05) is 39.9 Å². The zero-order valence-corrected chi connectivity index (χ0v) is 45.1. The van der Waals surface area contributed by atoms with E-state index in [9.17, 15) is 30.3 Å². The number of fused-ring (bicyclic) bond motifs is 5. The van der Waals surface area contributed by atoms with E-state index in [1.165, 1.54) is 23.9 Å². The fraction of sp³-hybridized carbons (Fsp3) is 0.562. The topological polar surface area (TPSA) is 222 Å². The van der Waals surface area contributed by atoms with Gasteiger partial charge in [0.05, 0.1) is 31.2 Å². The summed E-state index contributed by atoms with van der Waals surface area (Å²) < 4.78 is 5.59. The second-order valence-corrected chi connectivity index (χ2v) is 24.0.